The van der Waals surface area contributed by atoms with Crippen LogP contribution in [-0.4, -0.2) is 30.2 Å². The van der Waals surface area contributed by atoms with E-state index < -0.39 is 18.6 Å². The molecule has 18 heavy (non-hydrogen) atoms. The summed E-state index contributed by atoms with van der Waals surface area (Å²) in [5.74, 6) is -0.490. The van der Waals surface area contributed by atoms with Gasteiger partial charge in [-0.1, -0.05) is 6.07 Å². The highest BCUT2D eigenvalue weighted by atomic mass is 19.4. The van der Waals surface area contributed by atoms with E-state index in [1.54, 1.807) is 31.5 Å². The zero-order valence-electron chi connectivity index (χ0n) is 9.79. The summed E-state index contributed by atoms with van der Waals surface area (Å²) in [5.41, 5.74) is 0.793. The van der Waals surface area contributed by atoms with E-state index in [0.29, 0.717) is 0 Å². The van der Waals surface area contributed by atoms with Crippen molar-refractivity contribution in [3.8, 4) is 0 Å². The number of amides is 1. The SMILES string of the molecule is CC(NC(=O)CNCC(F)(F)F)c1cccnc1. The minimum Gasteiger partial charge on any atom is -0.348 e. The molecule has 1 unspecified atom stereocenters. The second-order valence-corrected chi connectivity index (χ2v) is 3.79. The third kappa shape index (κ3) is 5.62. The summed E-state index contributed by atoms with van der Waals surface area (Å²) in [6.07, 6.45) is -1.12. The molecule has 1 aromatic rings. The Balaban J connectivity index is 2.32. The number of carbonyl (C=O) groups excluding carboxylic acids is 1. The molecule has 1 amide bonds. The van der Waals surface area contributed by atoms with E-state index in [1.165, 1.54) is 0 Å². The molecule has 0 bridgehead atoms. The van der Waals surface area contributed by atoms with Gasteiger partial charge in [0.2, 0.25) is 5.91 Å². The van der Waals surface area contributed by atoms with Gasteiger partial charge in [0.15, 0.2) is 0 Å². The molecule has 4 nitrogen and oxygen atoms in total. The smallest absolute Gasteiger partial charge is 0.348 e. The first-order chi connectivity index (χ1) is 8.38. The van der Waals surface area contributed by atoms with Gasteiger partial charge in [0.25, 0.3) is 0 Å². The zero-order valence-corrected chi connectivity index (χ0v) is 9.79. The maximum Gasteiger partial charge on any atom is 0.401 e. The first kappa shape index (κ1) is 14.4. The van der Waals surface area contributed by atoms with Crippen molar-refractivity contribution in [1.29, 1.82) is 0 Å². The fraction of sp³-hybridized carbons (Fsp3) is 0.455. The number of alkyl halides is 3. The summed E-state index contributed by atoms with van der Waals surface area (Å²) in [6, 6.07) is 3.21. The van der Waals surface area contributed by atoms with Gasteiger partial charge in [-0.2, -0.15) is 13.2 Å². The Morgan fingerprint density at radius 2 is 2.22 bits per heavy atom. The Labute approximate surface area is 103 Å². The fourth-order valence-electron chi connectivity index (χ4n) is 1.33. The third-order valence-electron chi connectivity index (χ3n) is 2.17. The number of carbonyl (C=O) groups is 1. The first-order valence-corrected chi connectivity index (χ1v) is 5.35. The van der Waals surface area contributed by atoms with E-state index in [9.17, 15) is 18.0 Å². The van der Waals surface area contributed by atoms with Gasteiger partial charge in [-0.15, -0.1) is 0 Å². The molecule has 7 heteroatoms. The Hall–Kier alpha value is -1.63. The topological polar surface area (TPSA) is 54.0 Å². The Kier molecular flexibility index (Phi) is 5.08. The van der Waals surface area contributed by atoms with E-state index in [4.69, 9.17) is 0 Å². The van der Waals surface area contributed by atoms with E-state index in [-0.39, 0.29) is 12.6 Å². The van der Waals surface area contributed by atoms with Crippen molar-refractivity contribution in [2.75, 3.05) is 13.1 Å². The van der Waals surface area contributed by atoms with Gasteiger partial charge < -0.3 is 10.6 Å². The molecule has 1 aromatic heterocycles. The molecular formula is C11H14F3N3O. The number of halogens is 3. The second-order valence-electron chi connectivity index (χ2n) is 3.79. The van der Waals surface area contributed by atoms with E-state index in [1.807, 2.05) is 5.32 Å². The largest absolute Gasteiger partial charge is 0.401 e. The summed E-state index contributed by atoms with van der Waals surface area (Å²) in [4.78, 5) is 15.2. The fourth-order valence-corrected chi connectivity index (χ4v) is 1.33. The van der Waals surface area contributed by atoms with Crippen LogP contribution in [0.1, 0.15) is 18.5 Å². The average molecular weight is 261 g/mol. The minimum absolute atomic E-state index is 0.293. The number of aromatic nitrogens is 1. The van der Waals surface area contributed by atoms with Crippen molar-refractivity contribution >= 4 is 5.91 Å². The number of nitrogens with zero attached hydrogens (tertiary/aromatic N) is 1. The molecule has 0 aromatic carbocycles. The van der Waals surface area contributed by atoms with E-state index in [2.05, 4.69) is 10.3 Å². The van der Waals surface area contributed by atoms with Crippen LogP contribution in [0.25, 0.3) is 0 Å². The third-order valence-corrected chi connectivity index (χ3v) is 2.17. The quantitative estimate of drug-likeness (QED) is 0.842. The van der Waals surface area contributed by atoms with E-state index in [0.717, 1.165) is 5.56 Å². The normalized spacial score (nSPS) is 13.1. The van der Waals surface area contributed by atoms with Crippen LogP contribution in [0.2, 0.25) is 0 Å². The lowest BCUT2D eigenvalue weighted by Crippen LogP contribution is -2.39. The Morgan fingerprint density at radius 3 is 2.78 bits per heavy atom. The Bertz CT molecular complexity index is 381. The first-order valence-electron chi connectivity index (χ1n) is 5.35. The van der Waals surface area contributed by atoms with Gasteiger partial charge in [-0.3, -0.25) is 9.78 Å². The number of hydrogen-bond acceptors (Lipinski definition) is 3. The lowest BCUT2D eigenvalue weighted by Gasteiger charge is -2.14. The van der Waals surface area contributed by atoms with Crippen LogP contribution < -0.4 is 10.6 Å². The highest BCUT2D eigenvalue weighted by Gasteiger charge is 2.26. The predicted molar refractivity (Wildman–Crippen MR) is 59.7 cm³/mol. The van der Waals surface area contributed by atoms with Crippen molar-refractivity contribution in [2.24, 2.45) is 0 Å². The number of rotatable bonds is 5. The molecule has 1 rings (SSSR count). The van der Waals surface area contributed by atoms with Gasteiger partial charge in [0.1, 0.15) is 0 Å². The summed E-state index contributed by atoms with van der Waals surface area (Å²) in [6.45, 7) is 0.185. The molecular weight excluding hydrogens is 247 g/mol. The van der Waals surface area contributed by atoms with Gasteiger partial charge in [0.05, 0.1) is 19.1 Å². The lowest BCUT2D eigenvalue weighted by atomic mass is 10.1. The van der Waals surface area contributed by atoms with Gasteiger partial charge in [-0.05, 0) is 18.6 Å². The van der Waals surface area contributed by atoms with Gasteiger partial charge >= 0.3 is 6.18 Å². The molecule has 0 aliphatic carbocycles. The zero-order chi connectivity index (χ0) is 13.6. The van der Waals surface area contributed by atoms with Crippen molar-refractivity contribution in [3.63, 3.8) is 0 Å². The summed E-state index contributed by atoms with van der Waals surface area (Å²) in [7, 11) is 0. The average Bonchev–Trinajstić information content (AvgIpc) is 2.28. The van der Waals surface area contributed by atoms with Crippen molar-refractivity contribution in [1.82, 2.24) is 15.6 Å². The predicted octanol–water partition coefficient (Wildman–Crippen LogP) is 1.41. The maximum atomic E-state index is 11.8. The molecule has 0 spiro atoms. The minimum atomic E-state index is -4.31. The molecule has 1 atom stereocenters. The van der Waals surface area contributed by atoms with E-state index >= 15 is 0 Å². The van der Waals surface area contributed by atoms with Gasteiger partial charge in [-0.25, -0.2) is 0 Å². The molecule has 0 saturated carbocycles. The number of nitrogens with one attached hydrogen (secondary N) is 2. The maximum absolute atomic E-state index is 11.8. The van der Waals surface area contributed by atoms with Crippen LogP contribution in [0, 0.1) is 0 Å². The molecule has 1 heterocycles. The summed E-state index contributed by atoms with van der Waals surface area (Å²) in [5, 5.41) is 4.60. The molecule has 0 saturated heterocycles. The van der Waals surface area contributed by atoms with Crippen LogP contribution in [0.4, 0.5) is 13.2 Å². The molecule has 2 N–H and O–H groups in total. The monoisotopic (exact) mass is 261 g/mol. The van der Waals surface area contributed by atoms with Gasteiger partial charge in [0, 0.05) is 12.4 Å². The summed E-state index contributed by atoms with van der Waals surface area (Å²) >= 11 is 0. The van der Waals surface area contributed by atoms with Crippen LogP contribution >= 0.6 is 0 Å². The molecule has 0 aliphatic heterocycles. The molecule has 0 aliphatic rings. The Morgan fingerprint density at radius 1 is 1.50 bits per heavy atom. The van der Waals surface area contributed by atoms with Crippen molar-refractivity contribution in [2.45, 2.75) is 19.1 Å². The lowest BCUT2D eigenvalue weighted by molar-refractivity contribution is -0.128. The standard InChI is InChI=1S/C11H14F3N3O/c1-8(9-3-2-4-15-5-9)17-10(18)6-16-7-11(12,13)14/h2-5,8,16H,6-7H2,1H3,(H,17,18). The molecule has 0 radical (unpaired) electrons. The van der Waals surface area contributed by atoms with Crippen LogP contribution in [0.15, 0.2) is 24.5 Å². The molecule has 100 valence electrons. The highest BCUT2D eigenvalue weighted by molar-refractivity contribution is 5.78. The molecule has 0 fully saturated rings. The van der Waals surface area contributed by atoms with Crippen LogP contribution in [0.3, 0.4) is 0 Å². The van der Waals surface area contributed by atoms with Crippen molar-refractivity contribution < 1.29 is 18.0 Å². The number of pyridine rings is 1. The highest BCUT2D eigenvalue weighted by Crippen LogP contribution is 2.12. The summed E-state index contributed by atoms with van der Waals surface area (Å²) < 4.78 is 35.5. The number of hydrogen-bond donors (Lipinski definition) is 2. The van der Waals surface area contributed by atoms with Crippen LogP contribution in [-0.2, 0) is 4.79 Å². The van der Waals surface area contributed by atoms with Crippen molar-refractivity contribution in [3.05, 3.63) is 30.1 Å². The van der Waals surface area contributed by atoms with Crippen LogP contribution in [0.5, 0.6) is 0 Å². The second kappa shape index (κ2) is 6.34.